The summed E-state index contributed by atoms with van der Waals surface area (Å²) >= 11 is 0. The Morgan fingerprint density at radius 3 is 2.59 bits per heavy atom. The predicted molar refractivity (Wildman–Crippen MR) is 124 cm³/mol. The van der Waals surface area contributed by atoms with Crippen LogP contribution in [-0.4, -0.2) is 74.3 Å². The Labute approximate surface area is 183 Å². The monoisotopic (exact) mass is 490 g/mol. The van der Waals surface area contributed by atoms with E-state index < -0.39 is 0 Å². The van der Waals surface area contributed by atoms with E-state index in [1.165, 1.54) is 57.8 Å². The van der Waals surface area contributed by atoms with Crippen LogP contribution in [0.1, 0.15) is 57.8 Å². The summed E-state index contributed by atoms with van der Waals surface area (Å²) in [5.41, 5.74) is 0. The maximum atomic E-state index is 6.01. The van der Waals surface area contributed by atoms with Crippen molar-refractivity contribution in [3.05, 3.63) is 12.2 Å². The Balaban J connectivity index is 0.00000261. The van der Waals surface area contributed by atoms with Crippen LogP contribution in [0.25, 0.3) is 0 Å². The Bertz CT molecular complexity index is 457. The zero-order chi connectivity index (χ0) is 18.0. The fourth-order valence-electron chi connectivity index (χ4n) is 4.44. The highest BCUT2D eigenvalue weighted by atomic mass is 127. The van der Waals surface area contributed by atoms with E-state index in [0.717, 1.165) is 45.3 Å². The van der Waals surface area contributed by atoms with Gasteiger partial charge in [-0.25, -0.2) is 0 Å². The van der Waals surface area contributed by atoms with Crippen molar-refractivity contribution in [2.24, 2.45) is 4.99 Å². The maximum Gasteiger partial charge on any atom is 0.193 e. The van der Waals surface area contributed by atoms with Gasteiger partial charge in [0.1, 0.15) is 0 Å². The summed E-state index contributed by atoms with van der Waals surface area (Å²) in [4.78, 5) is 9.49. The first kappa shape index (κ1) is 22.9. The molecule has 0 aromatic heterocycles. The van der Waals surface area contributed by atoms with Crippen LogP contribution in [0.2, 0.25) is 0 Å². The summed E-state index contributed by atoms with van der Waals surface area (Å²) in [6, 6.07) is 0.681. The van der Waals surface area contributed by atoms with Crippen molar-refractivity contribution in [2.75, 3.05) is 46.4 Å². The first-order valence-corrected chi connectivity index (χ1v) is 10.8. The van der Waals surface area contributed by atoms with Crippen molar-refractivity contribution in [3.63, 3.8) is 0 Å². The normalized spacial score (nSPS) is 24.4. The molecule has 1 saturated carbocycles. The third kappa shape index (κ3) is 7.54. The maximum absolute atomic E-state index is 6.01. The molecule has 0 radical (unpaired) electrons. The summed E-state index contributed by atoms with van der Waals surface area (Å²) in [5, 5.41) is 3.56. The summed E-state index contributed by atoms with van der Waals surface area (Å²) in [6.45, 7) is 6.42. The third-order valence-electron chi connectivity index (χ3n) is 6.05. The lowest BCUT2D eigenvalue weighted by molar-refractivity contribution is 0.0264. The van der Waals surface area contributed by atoms with E-state index in [4.69, 9.17) is 4.74 Å². The van der Waals surface area contributed by atoms with Gasteiger partial charge in [0.25, 0.3) is 0 Å². The van der Waals surface area contributed by atoms with Crippen molar-refractivity contribution in [1.29, 1.82) is 0 Å². The van der Waals surface area contributed by atoms with Crippen LogP contribution < -0.4 is 5.32 Å². The van der Waals surface area contributed by atoms with Crippen LogP contribution in [0.15, 0.2) is 17.1 Å². The molecule has 1 N–H and O–H groups in total. The second kappa shape index (κ2) is 13.0. The van der Waals surface area contributed by atoms with E-state index in [1.54, 1.807) is 0 Å². The average molecular weight is 490 g/mol. The fraction of sp³-hybridized carbons (Fsp3) is 0.857. The minimum Gasteiger partial charge on any atom is -0.378 e. The van der Waals surface area contributed by atoms with E-state index >= 15 is 0 Å². The number of rotatable bonds is 8. The molecule has 0 bridgehead atoms. The molecule has 3 aliphatic rings. The molecule has 0 aromatic rings. The molecule has 2 aliphatic heterocycles. The van der Waals surface area contributed by atoms with E-state index in [2.05, 4.69) is 32.3 Å². The largest absolute Gasteiger partial charge is 0.378 e. The zero-order valence-corrected chi connectivity index (χ0v) is 19.4. The molecule has 1 unspecified atom stereocenters. The SMILES string of the molecule is CN=C(NCCCCCOC1CCCCC1)N1CCC(N2CC=CC2)C1.I. The highest BCUT2D eigenvalue weighted by Crippen LogP contribution is 2.20. The lowest BCUT2D eigenvalue weighted by Crippen LogP contribution is -2.43. The lowest BCUT2D eigenvalue weighted by atomic mass is 9.98. The van der Waals surface area contributed by atoms with E-state index in [9.17, 15) is 0 Å². The van der Waals surface area contributed by atoms with Gasteiger partial charge in [0.05, 0.1) is 6.10 Å². The number of hydrogen-bond donors (Lipinski definition) is 1. The van der Waals surface area contributed by atoms with Crippen molar-refractivity contribution in [2.45, 2.75) is 69.9 Å². The van der Waals surface area contributed by atoms with Gasteiger partial charge in [0.2, 0.25) is 0 Å². The Kier molecular flexibility index (Phi) is 11.0. The number of nitrogens with zero attached hydrogens (tertiary/aromatic N) is 3. The number of ether oxygens (including phenoxy) is 1. The molecular weight excluding hydrogens is 451 g/mol. The number of likely N-dealkylation sites (tertiary alicyclic amines) is 1. The fourth-order valence-corrected chi connectivity index (χ4v) is 4.44. The van der Waals surface area contributed by atoms with Gasteiger partial charge in [0.15, 0.2) is 5.96 Å². The molecule has 1 saturated heterocycles. The van der Waals surface area contributed by atoms with E-state index in [1.807, 2.05) is 7.05 Å². The molecule has 27 heavy (non-hydrogen) atoms. The number of nitrogens with one attached hydrogen (secondary N) is 1. The molecule has 6 heteroatoms. The molecule has 2 fully saturated rings. The molecule has 1 aliphatic carbocycles. The molecule has 1 atom stereocenters. The van der Waals surface area contributed by atoms with Gasteiger partial charge in [-0.05, 0) is 38.5 Å². The Morgan fingerprint density at radius 2 is 1.85 bits per heavy atom. The number of guanidine groups is 1. The highest BCUT2D eigenvalue weighted by molar-refractivity contribution is 14.0. The quantitative estimate of drug-likeness (QED) is 0.186. The van der Waals surface area contributed by atoms with Gasteiger partial charge in [-0.2, -0.15) is 0 Å². The van der Waals surface area contributed by atoms with E-state index in [-0.39, 0.29) is 24.0 Å². The van der Waals surface area contributed by atoms with Crippen LogP contribution in [0.4, 0.5) is 0 Å². The molecule has 5 nitrogen and oxygen atoms in total. The molecular formula is C21H39IN4O. The van der Waals surface area contributed by atoms with Crippen LogP contribution in [0, 0.1) is 0 Å². The number of aliphatic imine (C=N–C) groups is 1. The van der Waals surface area contributed by atoms with Gasteiger partial charge < -0.3 is 15.0 Å². The number of hydrogen-bond acceptors (Lipinski definition) is 3. The standard InChI is InChI=1S/C21H38N4O.HI/c1-22-21(25-16-12-19(18-25)24-14-7-8-15-24)23-13-6-3-9-17-26-20-10-4-2-5-11-20;/h7-8,19-20H,2-6,9-18H2,1H3,(H,22,23);1H. The van der Waals surface area contributed by atoms with Gasteiger partial charge in [0, 0.05) is 52.4 Å². The zero-order valence-electron chi connectivity index (χ0n) is 17.1. The first-order chi connectivity index (χ1) is 12.9. The lowest BCUT2D eigenvalue weighted by Gasteiger charge is -2.25. The van der Waals surface area contributed by atoms with Crippen LogP contribution in [0.3, 0.4) is 0 Å². The summed E-state index contributed by atoms with van der Waals surface area (Å²) in [6.07, 6.45) is 16.7. The van der Waals surface area contributed by atoms with Crippen LogP contribution >= 0.6 is 24.0 Å². The topological polar surface area (TPSA) is 40.1 Å². The van der Waals surface area contributed by atoms with Crippen molar-refractivity contribution in [3.8, 4) is 0 Å². The van der Waals surface area contributed by atoms with Gasteiger partial charge in [-0.1, -0.05) is 31.4 Å². The van der Waals surface area contributed by atoms with Gasteiger partial charge >= 0.3 is 0 Å². The summed E-state index contributed by atoms with van der Waals surface area (Å²) in [5.74, 6) is 1.08. The Hall–Kier alpha value is -0.340. The summed E-state index contributed by atoms with van der Waals surface area (Å²) in [7, 11) is 1.91. The van der Waals surface area contributed by atoms with Crippen LogP contribution in [-0.2, 0) is 4.74 Å². The molecule has 3 rings (SSSR count). The van der Waals surface area contributed by atoms with Gasteiger partial charge in [-0.15, -0.1) is 24.0 Å². The highest BCUT2D eigenvalue weighted by Gasteiger charge is 2.29. The van der Waals surface area contributed by atoms with Crippen molar-refractivity contribution < 1.29 is 4.74 Å². The van der Waals surface area contributed by atoms with Gasteiger partial charge in [-0.3, -0.25) is 9.89 Å². The Morgan fingerprint density at radius 1 is 1.07 bits per heavy atom. The second-order valence-electron chi connectivity index (χ2n) is 7.98. The van der Waals surface area contributed by atoms with Crippen molar-refractivity contribution in [1.82, 2.24) is 15.1 Å². The summed E-state index contributed by atoms with van der Waals surface area (Å²) < 4.78 is 6.01. The molecule has 0 aromatic carbocycles. The molecule has 0 spiro atoms. The van der Waals surface area contributed by atoms with Crippen molar-refractivity contribution >= 4 is 29.9 Å². The minimum atomic E-state index is 0. The third-order valence-corrected chi connectivity index (χ3v) is 6.05. The molecule has 156 valence electrons. The molecule has 2 heterocycles. The smallest absolute Gasteiger partial charge is 0.193 e. The molecule has 0 amide bonds. The number of unbranched alkanes of at least 4 members (excludes halogenated alkanes) is 2. The van der Waals surface area contributed by atoms with Crippen LogP contribution in [0.5, 0.6) is 0 Å². The van der Waals surface area contributed by atoms with E-state index in [0.29, 0.717) is 12.1 Å². The first-order valence-electron chi connectivity index (χ1n) is 10.8. The number of halogens is 1. The predicted octanol–water partition coefficient (Wildman–Crippen LogP) is 3.65. The second-order valence-corrected chi connectivity index (χ2v) is 7.98. The minimum absolute atomic E-state index is 0. The average Bonchev–Trinajstić information content (AvgIpc) is 3.36.